The molecule has 0 saturated carbocycles. The first-order valence-corrected chi connectivity index (χ1v) is 9.62. The van der Waals surface area contributed by atoms with Crippen LogP contribution < -0.4 is 4.74 Å². The number of rotatable bonds is 4. The van der Waals surface area contributed by atoms with Gasteiger partial charge < -0.3 is 4.74 Å². The topological polar surface area (TPSA) is 25.4 Å². The van der Waals surface area contributed by atoms with Crippen molar-refractivity contribution in [2.24, 2.45) is 0 Å². The Kier molecular flexibility index (Phi) is 4.87. The van der Waals surface area contributed by atoms with Crippen molar-refractivity contribution >= 4 is 21.6 Å². The second kappa shape index (κ2) is 7.29. The first-order valence-electron chi connectivity index (χ1n) is 8.74. The summed E-state index contributed by atoms with van der Waals surface area (Å²) in [5, 5.41) is 0. The van der Waals surface area contributed by atoms with E-state index < -0.39 is 6.61 Å². The van der Waals surface area contributed by atoms with Gasteiger partial charge in [0.1, 0.15) is 5.75 Å². The van der Waals surface area contributed by atoms with E-state index in [1.807, 2.05) is 11.6 Å². The SMILES string of the molecule is C[C@H](c1ccc2scnc2c1)N1CCc2ccc(OC(F)F)cc2CC1. The summed E-state index contributed by atoms with van der Waals surface area (Å²) in [5.74, 6) is 0.245. The number of ether oxygens (including phenoxy) is 1. The maximum atomic E-state index is 12.4. The van der Waals surface area contributed by atoms with Gasteiger partial charge in [0.25, 0.3) is 0 Å². The Morgan fingerprint density at radius 2 is 1.88 bits per heavy atom. The molecule has 1 aliphatic rings. The molecule has 2 heterocycles. The molecule has 136 valence electrons. The summed E-state index contributed by atoms with van der Waals surface area (Å²) in [7, 11) is 0. The highest BCUT2D eigenvalue weighted by atomic mass is 32.1. The summed E-state index contributed by atoms with van der Waals surface area (Å²) in [6.45, 7) is 1.27. The van der Waals surface area contributed by atoms with E-state index in [2.05, 4.69) is 39.7 Å². The van der Waals surface area contributed by atoms with Crippen molar-refractivity contribution < 1.29 is 13.5 Å². The first-order chi connectivity index (χ1) is 12.6. The van der Waals surface area contributed by atoms with Crippen LogP contribution in [0.4, 0.5) is 8.78 Å². The maximum absolute atomic E-state index is 12.4. The van der Waals surface area contributed by atoms with Gasteiger partial charge in [0.2, 0.25) is 0 Å². The van der Waals surface area contributed by atoms with E-state index in [1.165, 1.54) is 15.8 Å². The minimum atomic E-state index is -2.78. The largest absolute Gasteiger partial charge is 0.435 e. The molecule has 0 spiro atoms. The van der Waals surface area contributed by atoms with Crippen molar-refractivity contribution in [3.8, 4) is 5.75 Å². The van der Waals surface area contributed by atoms with Crippen LogP contribution in [0.15, 0.2) is 41.9 Å². The van der Waals surface area contributed by atoms with Gasteiger partial charge in [0, 0.05) is 19.1 Å². The van der Waals surface area contributed by atoms with E-state index in [-0.39, 0.29) is 11.8 Å². The number of fused-ring (bicyclic) bond motifs is 2. The quantitative estimate of drug-likeness (QED) is 0.638. The highest BCUT2D eigenvalue weighted by Crippen LogP contribution is 2.29. The second-order valence-corrected chi connectivity index (χ2v) is 7.49. The smallest absolute Gasteiger partial charge is 0.387 e. The predicted molar refractivity (Wildman–Crippen MR) is 100 cm³/mol. The standard InChI is InChI=1S/C20H20F2N2OS/c1-13(15-3-5-19-18(11-15)23-12-26-19)24-8-6-14-2-4-17(25-20(21)22)10-16(14)7-9-24/h2-5,10-13,20H,6-9H2,1H3/t13-/m1/s1. The summed E-state index contributed by atoms with van der Waals surface area (Å²) in [4.78, 5) is 6.86. The zero-order valence-corrected chi connectivity index (χ0v) is 15.3. The molecule has 6 heteroatoms. The molecule has 0 radical (unpaired) electrons. The lowest BCUT2D eigenvalue weighted by molar-refractivity contribution is -0.0498. The lowest BCUT2D eigenvalue weighted by atomic mass is 10.0. The fourth-order valence-electron chi connectivity index (χ4n) is 3.63. The summed E-state index contributed by atoms with van der Waals surface area (Å²) < 4.78 is 30.6. The zero-order valence-electron chi connectivity index (χ0n) is 14.5. The highest BCUT2D eigenvalue weighted by molar-refractivity contribution is 7.16. The van der Waals surface area contributed by atoms with Gasteiger partial charge in [-0.25, -0.2) is 4.98 Å². The van der Waals surface area contributed by atoms with E-state index in [0.29, 0.717) is 0 Å². The minimum absolute atomic E-state index is 0.245. The molecule has 0 saturated heterocycles. The molecule has 0 bridgehead atoms. The molecule has 2 aromatic carbocycles. The average Bonchev–Trinajstić information content (AvgIpc) is 2.99. The van der Waals surface area contributed by atoms with Crippen molar-refractivity contribution in [2.75, 3.05) is 13.1 Å². The lowest BCUT2D eigenvalue weighted by Gasteiger charge is -2.28. The van der Waals surface area contributed by atoms with Crippen LogP contribution in [0, 0.1) is 0 Å². The van der Waals surface area contributed by atoms with Gasteiger partial charge in [-0.2, -0.15) is 8.78 Å². The monoisotopic (exact) mass is 374 g/mol. The average molecular weight is 374 g/mol. The third-order valence-corrected chi connectivity index (χ3v) is 5.93. The number of aromatic nitrogens is 1. The molecule has 26 heavy (non-hydrogen) atoms. The Labute approximate surface area is 155 Å². The molecular weight excluding hydrogens is 354 g/mol. The molecule has 3 aromatic rings. The number of nitrogens with zero attached hydrogens (tertiary/aromatic N) is 2. The van der Waals surface area contributed by atoms with Crippen LogP contribution in [-0.2, 0) is 12.8 Å². The fourth-order valence-corrected chi connectivity index (χ4v) is 4.29. The van der Waals surface area contributed by atoms with E-state index in [4.69, 9.17) is 0 Å². The normalized spacial score (nSPS) is 16.5. The summed E-state index contributed by atoms with van der Waals surface area (Å²) in [5.41, 5.74) is 6.51. The Morgan fingerprint density at radius 3 is 2.69 bits per heavy atom. The van der Waals surface area contributed by atoms with Crippen molar-refractivity contribution in [2.45, 2.75) is 32.4 Å². The second-order valence-electron chi connectivity index (χ2n) is 6.60. The Balaban J connectivity index is 1.50. The van der Waals surface area contributed by atoms with Crippen molar-refractivity contribution in [3.63, 3.8) is 0 Å². The minimum Gasteiger partial charge on any atom is -0.435 e. The van der Waals surface area contributed by atoms with Crippen LogP contribution in [0.3, 0.4) is 0 Å². The lowest BCUT2D eigenvalue weighted by Crippen LogP contribution is -2.29. The number of alkyl halides is 2. The third kappa shape index (κ3) is 3.57. The summed E-state index contributed by atoms with van der Waals surface area (Å²) in [6.07, 6.45) is 1.74. The molecule has 1 atom stereocenters. The summed E-state index contributed by atoms with van der Waals surface area (Å²) in [6, 6.07) is 12.1. The van der Waals surface area contributed by atoms with Crippen LogP contribution in [0.2, 0.25) is 0 Å². The predicted octanol–water partition coefficient (Wildman–Crippen LogP) is 5.06. The molecule has 1 aliphatic heterocycles. The van der Waals surface area contributed by atoms with Crippen LogP contribution in [0.5, 0.6) is 5.75 Å². The molecule has 0 unspecified atom stereocenters. The van der Waals surface area contributed by atoms with Gasteiger partial charge in [-0.15, -0.1) is 11.3 Å². The van der Waals surface area contributed by atoms with E-state index in [1.54, 1.807) is 23.5 Å². The van der Waals surface area contributed by atoms with Gasteiger partial charge in [-0.1, -0.05) is 12.1 Å². The summed E-state index contributed by atoms with van der Waals surface area (Å²) >= 11 is 1.65. The van der Waals surface area contributed by atoms with Gasteiger partial charge in [0.15, 0.2) is 0 Å². The van der Waals surface area contributed by atoms with E-state index >= 15 is 0 Å². The molecule has 0 amide bonds. The maximum Gasteiger partial charge on any atom is 0.387 e. The highest BCUT2D eigenvalue weighted by Gasteiger charge is 2.21. The Hall–Kier alpha value is -2.05. The molecular formula is C20H20F2N2OS. The Bertz CT molecular complexity index is 912. The number of hydrogen-bond acceptors (Lipinski definition) is 4. The first kappa shape index (κ1) is 17.4. The number of hydrogen-bond donors (Lipinski definition) is 0. The van der Waals surface area contributed by atoms with Gasteiger partial charge in [-0.3, -0.25) is 4.90 Å². The van der Waals surface area contributed by atoms with Gasteiger partial charge >= 0.3 is 6.61 Å². The molecule has 1 aromatic heterocycles. The van der Waals surface area contributed by atoms with Crippen LogP contribution in [0.25, 0.3) is 10.2 Å². The van der Waals surface area contributed by atoms with E-state index in [0.717, 1.165) is 37.0 Å². The fraction of sp³-hybridized carbons (Fsp3) is 0.350. The zero-order chi connectivity index (χ0) is 18.1. The van der Waals surface area contributed by atoms with Crippen LogP contribution >= 0.6 is 11.3 Å². The number of thiazole rings is 1. The molecule has 3 nitrogen and oxygen atoms in total. The van der Waals surface area contributed by atoms with Gasteiger partial charge in [-0.05, 0) is 60.7 Å². The van der Waals surface area contributed by atoms with Crippen LogP contribution in [0.1, 0.15) is 29.7 Å². The molecule has 4 rings (SSSR count). The third-order valence-electron chi connectivity index (χ3n) is 5.12. The molecule has 0 fully saturated rings. The van der Waals surface area contributed by atoms with Crippen LogP contribution in [-0.4, -0.2) is 29.6 Å². The molecule has 0 aliphatic carbocycles. The van der Waals surface area contributed by atoms with E-state index in [9.17, 15) is 8.78 Å². The Morgan fingerprint density at radius 1 is 1.08 bits per heavy atom. The number of benzene rings is 2. The van der Waals surface area contributed by atoms with Gasteiger partial charge in [0.05, 0.1) is 15.7 Å². The van der Waals surface area contributed by atoms with Crippen molar-refractivity contribution in [1.29, 1.82) is 0 Å². The molecule has 0 N–H and O–H groups in total. The van der Waals surface area contributed by atoms with Crippen molar-refractivity contribution in [1.82, 2.24) is 9.88 Å². The van der Waals surface area contributed by atoms with Crippen molar-refractivity contribution in [3.05, 3.63) is 58.6 Å². The number of halogens is 2.